The van der Waals surface area contributed by atoms with Crippen LogP contribution >= 0.6 is 0 Å². The van der Waals surface area contributed by atoms with Crippen molar-refractivity contribution in [3.63, 3.8) is 0 Å². The maximum atomic E-state index is 6.70. The normalized spacial score (nSPS) is 11.4. The Hall–Kier alpha value is -7.96. The highest BCUT2D eigenvalue weighted by atomic mass is 16.3. The second-order valence-electron chi connectivity index (χ2n) is 14.2. The third-order valence-electron chi connectivity index (χ3n) is 10.6. The van der Waals surface area contributed by atoms with Gasteiger partial charge in [0.25, 0.3) is 0 Å². The van der Waals surface area contributed by atoms with Gasteiger partial charge in [-0.2, -0.15) is 0 Å². The summed E-state index contributed by atoms with van der Waals surface area (Å²) in [4.78, 5) is 20.1. The summed E-state index contributed by atoms with van der Waals surface area (Å²) in [6, 6.07) is 65.8. The molecular weight excluding hydrogens is 713 g/mol. The first-order valence-corrected chi connectivity index (χ1v) is 19.2. The predicted molar refractivity (Wildman–Crippen MR) is 233 cm³/mol. The molecule has 8 aromatic carbocycles. The number of furan rings is 1. The monoisotopic (exact) mass is 744 g/mol. The highest BCUT2D eigenvalue weighted by Crippen LogP contribution is 2.42. The molecule has 3 aromatic heterocycles. The number of rotatable bonds is 7. The van der Waals surface area contributed by atoms with Crippen LogP contribution < -0.4 is 0 Å². The molecule has 58 heavy (non-hydrogen) atoms. The topological polar surface area (TPSA) is 77.8 Å². The molecule has 6 nitrogen and oxygen atoms in total. The summed E-state index contributed by atoms with van der Waals surface area (Å²) in [5.41, 5.74) is 13.0. The second-order valence-corrected chi connectivity index (χ2v) is 14.2. The Bertz CT molecular complexity index is 3150. The minimum atomic E-state index is 0.577. The van der Waals surface area contributed by atoms with Gasteiger partial charge in [-0.25, -0.2) is 19.9 Å². The van der Waals surface area contributed by atoms with Crippen LogP contribution in [0.2, 0.25) is 0 Å². The SMILES string of the molecule is c1ccc(-c2nc(-c3ccccc3)nc(-c3cccc4oc5ccc(-c6ccc7nc(-c8c(-c9ccccc9)cccc8-c8ccccc8)oc7c6)cc5c34)n2)cc1. The lowest BCUT2D eigenvalue weighted by molar-refractivity contribution is 0.620. The van der Waals surface area contributed by atoms with Crippen LogP contribution in [-0.4, -0.2) is 19.9 Å². The quantitative estimate of drug-likeness (QED) is 0.162. The van der Waals surface area contributed by atoms with Crippen molar-refractivity contribution in [2.75, 3.05) is 0 Å². The Kier molecular flexibility index (Phi) is 8.04. The van der Waals surface area contributed by atoms with E-state index >= 15 is 0 Å². The van der Waals surface area contributed by atoms with Gasteiger partial charge in [0.05, 0.1) is 5.56 Å². The van der Waals surface area contributed by atoms with Crippen molar-refractivity contribution in [1.82, 2.24) is 19.9 Å². The summed E-state index contributed by atoms with van der Waals surface area (Å²) in [5.74, 6) is 2.37. The first kappa shape index (κ1) is 33.4. The fourth-order valence-electron chi connectivity index (χ4n) is 7.83. The van der Waals surface area contributed by atoms with Crippen LogP contribution in [0.25, 0.3) is 112 Å². The Balaban J connectivity index is 1.04. The van der Waals surface area contributed by atoms with Crippen LogP contribution in [-0.2, 0) is 0 Å². The summed E-state index contributed by atoms with van der Waals surface area (Å²) in [7, 11) is 0. The van der Waals surface area contributed by atoms with Gasteiger partial charge in [0, 0.05) is 27.5 Å². The largest absolute Gasteiger partial charge is 0.456 e. The third kappa shape index (κ3) is 5.92. The molecule has 0 aliphatic heterocycles. The van der Waals surface area contributed by atoms with Gasteiger partial charge >= 0.3 is 0 Å². The average molecular weight is 745 g/mol. The molecule has 11 rings (SSSR count). The van der Waals surface area contributed by atoms with Gasteiger partial charge in [0.2, 0.25) is 5.89 Å². The molecule has 0 spiro atoms. The second kappa shape index (κ2) is 14.0. The number of nitrogens with zero attached hydrogens (tertiary/aromatic N) is 4. The first-order valence-electron chi connectivity index (χ1n) is 19.2. The van der Waals surface area contributed by atoms with Crippen LogP contribution in [0.4, 0.5) is 0 Å². The van der Waals surface area contributed by atoms with E-state index in [1.54, 1.807) is 0 Å². The molecule has 0 bridgehead atoms. The zero-order valence-electron chi connectivity index (χ0n) is 31.1. The first-order chi connectivity index (χ1) is 28.7. The Morgan fingerprint density at radius 3 is 1.45 bits per heavy atom. The Morgan fingerprint density at radius 2 is 0.828 bits per heavy atom. The van der Waals surface area contributed by atoms with E-state index in [1.807, 2.05) is 97.1 Å². The van der Waals surface area contributed by atoms with Crippen LogP contribution in [0.1, 0.15) is 0 Å². The van der Waals surface area contributed by atoms with E-state index in [1.165, 1.54) is 0 Å². The van der Waals surface area contributed by atoms with E-state index in [9.17, 15) is 0 Å². The van der Waals surface area contributed by atoms with E-state index in [4.69, 9.17) is 28.8 Å². The standard InChI is InChI=1S/C52H32N4O2/c1-5-15-33(16-6-1)39-23-13-24-40(34-17-7-2-8-18-34)48(39)52-53-43-29-27-38(32-46(43)58-52)37-28-30-44-42(31-37)47-41(25-14-26-45(47)57-44)51-55-49(35-19-9-3-10-20-35)54-50(56-51)36-21-11-4-12-22-36/h1-32H. The van der Waals surface area contributed by atoms with Crippen molar-refractivity contribution in [2.24, 2.45) is 0 Å². The van der Waals surface area contributed by atoms with E-state index in [-0.39, 0.29) is 0 Å². The van der Waals surface area contributed by atoms with Crippen molar-refractivity contribution >= 4 is 33.0 Å². The van der Waals surface area contributed by atoms with Crippen LogP contribution in [0, 0.1) is 0 Å². The lowest BCUT2D eigenvalue weighted by Gasteiger charge is -2.13. The molecule has 0 aliphatic carbocycles. The van der Waals surface area contributed by atoms with E-state index in [0.717, 1.165) is 83.1 Å². The van der Waals surface area contributed by atoms with Crippen molar-refractivity contribution in [1.29, 1.82) is 0 Å². The fourth-order valence-corrected chi connectivity index (χ4v) is 7.83. The fraction of sp³-hybridized carbons (Fsp3) is 0. The number of fused-ring (bicyclic) bond motifs is 4. The molecule has 0 unspecified atom stereocenters. The van der Waals surface area contributed by atoms with Gasteiger partial charge < -0.3 is 8.83 Å². The van der Waals surface area contributed by atoms with Crippen LogP contribution in [0.5, 0.6) is 0 Å². The lowest BCUT2D eigenvalue weighted by Crippen LogP contribution is -2.00. The summed E-state index contributed by atoms with van der Waals surface area (Å²) in [5, 5.41) is 1.91. The molecule has 0 atom stereocenters. The molecule has 3 heterocycles. The molecule has 6 heteroatoms. The molecule has 0 N–H and O–H groups in total. The highest BCUT2D eigenvalue weighted by Gasteiger charge is 2.21. The van der Waals surface area contributed by atoms with Crippen molar-refractivity contribution in [2.45, 2.75) is 0 Å². The molecule has 11 aromatic rings. The summed E-state index contributed by atoms with van der Waals surface area (Å²) < 4.78 is 13.2. The van der Waals surface area contributed by atoms with Crippen LogP contribution in [0.3, 0.4) is 0 Å². The van der Waals surface area contributed by atoms with E-state index in [0.29, 0.717) is 28.9 Å². The van der Waals surface area contributed by atoms with Gasteiger partial charge in [-0.05, 0) is 63.7 Å². The number of benzene rings is 8. The predicted octanol–water partition coefficient (Wildman–Crippen LogP) is 13.6. The molecule has 0 aliphatic rings. The summed E-state index contributed by atoms with van der Waals surface area (Å²) in [6.07, 6.45) is 0. The molecule has 0 saturated carbocycles. The zero-order valence-corrected chi connectivity index (χ0v) is 31.1. The molecule has 0 fully saturated rings. The maximum absolute atomic E-state index is 6.70. The smallest absolute Gasteiger partial charge is 0.228 e. The zero-order chi connectivity index (χ0) is 38.4. The van der Waals surface area contributed by atoms with Gasteiger partial charge in [-0.3, -0.25) is 0 Å². The van der Waals surface area contributed by atoms with Gasteiger partial charge in [-0.1, -0.05) is 164 Å². The number of aromatic nitrogens is 4. The van der Waals surface area contributed by atoms with Gasteiger partial charge in [0.15, 0.2) is 23.1 Å². The molecule has 0 radical (unpaired) electrons. The van der Waals surface area contributed by atoms with Crippen molar-refractivity contribution in [3.8, 4) is 79.0 Å². The van der Waals surface area contributed by atoms with Crippen molar-refractivity contribution < 1.29 is 8.83 Å². The minimum absolute atomic E-state index is 0.577. The van der Waals surface area contributed by atoms with Gasteiger partial charge in [-0.15, -0.1) is 0 Å². The highest BCUT2D eigenvalue weighted by molar-refractivity contribution is 6.13. The Labute approximate surface area is 333 Å². The van der Waals surface area contributed by atoms with E-state index in [2.05, 4.69) is 97.1 Å². The third-order valence-corrected chi connectivity index (χ3v) is 10.6. The molecule has 0 saturated heterocycles. The molecule has 0 amide bonds. The number of oxazole rings is 1. The maximum Gasteiger partial charge on any atom is 0.228 e. The Morgan fingerprint density at radius 1 is 0.310 bits per heavy atom. The average Bonchev–Trinajstić information content (AvgIpc) is 3.91. The minimum Gasteiger partial charge on any atom is -0.456 e. The number of hydrogen-bond acceptors (Lipinski definition) is 6. The summed E-state index contributed by atoms with van der Waals surface area (Å²) in [6.45, 7) is 0. The van der Waals surface area contributed by atoms with E-state index < -0.39 is 0 Å². The lowest BCUT2D eigenvalue weighted by atomic mass is 9.91. The number of hydrogen-bond donors (Lipinski definition) is 0. The van der Waals surface area contributed by atoms with Crippen LogP contribution in [0.15, 0.2) is 203 Å². The molecule has 272 valence electrons. The molecular formula is C52H32N4O2. The summed E-state index contributed by atoms with van der Waals surface area (Å²) >= 11 is 0. The van der Waals surface area contributed by atoms with Crippen molar-refractivity contribution in [3.05, 3.63) is 194 Å². The van der Waals surface area contributed by atoms with Gasteiger partial charge in [0.1, 0.15) is 16.7 Å².